The molecule has 3 rings (SSSR count). The lowest BCUT2D eigenvalue weighted by Gasteiger charge is -2.30. The van der Waals surface area contributed by atoms with E-state index in [4.69, 9.17) is 0 Å². The van der Waals surface area contributed by atoms with E-state index in [0.717, 1.165) is 17.8 Å². The largest absolute Gasteiger partial charge is 0.359 e. The van der Waals surface area contributed by atoms with Crippen LogP contribution < -0.4 is 15.5 Å². The minimum absolute atomic E-state index is 0.00378. The molecule has 0 saturated carbocycles. The van der Waals surface area contributed by atoms with Gasteiger partial charge in [0, 0.05) is 18.7 Å². The molecular weight excluding hydrogens is 290 g/mol. The molecule has 1 fully saturated rings. The van der Waals surface area contributed by atoms with E-state index in [9.17, 15) is 9.59 Å². The summed E-state index contributed by atoms with van der Waals surface area (Å²) in [6.45, 7) is 3.62. The van der Waals surface area contributed by atoms with Gasteiger partial charge in [0.1, 0.15) is 0 Å². The van der Waals surface area contributed by atoms with Gasteiger partial charge in [0.25, 0.3) is 5.91 Å². The van der Waals surface area contributed by atoms with E-state index in [0.29, 0.717) is 24.3 Å². The zero-order valence-electron chi connectivity index (χ0n) is 13.0. The van der Waals surface area contributed by atoms with Crippen LogP contribution in [0.1, 0.15) is 15.9 Å². The summed E-state index contributed by atoms with van der Waals surface area (Å²) in [5.74, 6) is -0.158. The van der Waals surface area contributed by atoms with E-state index in [1.165, 1.54) is 0 Å². The number of nitrogens with one attached hydrogen (secondary N) is 2. The second kappa shape index (κ2) is 6.52. The quantitative estimate of drug-likeness (QED) is 0.913. The number of rotatable bonds is 3. The van der Waals surface area contributed by atoms with Gasteiger partial charge >= 0.3 is 0 Å². The molecule has 23 heavy (non-hydrogen) atoms. The average Bonchev–Trinajstić information content (AvgIpc) is 2.56. The Morgan fingerprint density at radius 2 is 1.87 bits per heavy atom. The monoisotopic (exact) mass is 309 g/mol. The Kier molecular flexibility index (Phi) is 4.28. The third-order valence-electron chi connectivity index (χ3n) is 3.85. The van der Waals surface area contributed by atoms with Gasteiger partial charge in [-0.25, -0.2) is 0 Å². The zero-order chi connectivity index (χ0) is 16.2. The average molecular weight is 309 g/mol. The molecule has 1 heterocycles. The van der Waals surface area contributed by atoms with Gasteiger partial charge in [-0.3, -0.25) is 9.59 Å². The number of amides is 2. The number of hydrogen-bond donors (Lipinski definition) is 2. The molecule has 2 N–H and O–H groups in total. The van der Waals surface area contributed by atoms with Crippen molar-refractivity contribution in [2.75, 3.05) is 29.9 Å². The summed E-state index contributed by atoms with van der Waals surface area (Å²) in [6, 6.07) is 15.0. The summed E-state index contributed by atoms with van der Waals surface area (Å²) in [4.78, 5) is 26.0. The fraction of sp³-hybridized carbons (Fsp3) is 0.222. The Bertz CT molecular complexity index is 725. The van der Waals surface area contributed by atoms with Crippen molar-refractivity contribution in [1.29, 1.82) is 0 Å². The van der Waals surface area contributed by atoms with Gasteiger partial charge in [-0.15, -0.1) is 0 Å². The molecule has 5 nitrogen and oxygen atoms in total. The molecule has 0 bridgehead atoms. The Balaban J connectivity index is 1.81. The number of aryl methyl sites for hydroxylation is 1. The van der Waals surface area contributed by atoms with Crippen LogP contribution in [0.2, 0.25) is 0 Å². The van der Waals surface area contributed by atoms with Gasteiger partial charge in [0.2, 0.25) is 5.91 Å². The molecule has 0 aliphatic carbocycles. The highest BCUT2D eigenvalue weighted by molar-refractivity contribution is 6.06. The van der Waals surface area contributed by atoms with Crippen molar-refractivity contribution in [3.05, 3.63) is 59.7 Å². The zero-order valence-corrected chi connectivity index (χ0v) is 13.0. The van der Waals surface area contributed by atoms with Gasteiger partial charge in [-0.1, -0.05) is 29.8 Å². The van der Waals surface area contributed by atoms with Gasteiger partial charge in [-0.2, -0.15) is 0 Å². The van der Waals surface area contributed by atoms with Crippen molar-refractivity contribution >= 4 is 23.2 Å². The summed E-state index contributed by atoms with van der Waals surface area (Å²) in [6.07, 6.45) is 0. The van der Waals surface area contributed by atoms with E-state index in [1.807, 2.05) is 60.4 Å². The molecule has 118 valence electrons. The van der Waals surface area contributed by atoms with E-state index in [1.54, 1.807) is 0 Å². The Hall–Kier alpha value is -2.82. The first-order chi connectivity index (χ1) is 11.1. The van der Waals surface area contributed by atoms with Crippen molar-refractivity contribution in [2.45, 2.75) is 6.92 Å². The van der Waals surface area contributed by atoms with E-state index in [2.05, 4.69) is 10.6 Å². The third-order valence-corrected chi connectivity index (χ3v) is 3.85. The molecule has 1 aliphatic rings. The van der Waals surface area contributed by atoms with Crippen LogP contribution in [0.4, 0.5) is 11.4 Å². The topological polar surface area (TPSA) is 61.4 Å². The van der Waals surface area contributed by atoms with Crippen LogP contribution in [0.25, 0.3) is 0 Å². The second-order valence-electron chi connectivity index (χ2n) is 5.61. The molecule has 0 radical (unpaired) electrons. The second-order valence-corrected chi connectivity index (χ2v) is 5.61. The highest BCUT2D eigenvalue weighted by atomic mass is 16.2. The van der Waals surface area contributed by atoms with Crippen LogP contribution in [0.15, 0.2) is 48.5 Å². The van der Waals surface area contributed by atoms with Crippen LogP contribution in [-0.4, -0.2) is 31.4 Å². The van der Waals surface area contributed by atoms with Crippen molar-refractivity contribution in [3.63, 3.8) is 0 Å². The van der Waals surface area contributed by atoms with Gasteiger partial charge in [0.05, 0.1) is 17.9 Å². The summed E-state index contributed by atoms with van der Waals surface area (Å²) in [5.41, 5.74) is 3.30. The first-order valence-corrected chi connectivity index (χ1v) is 7.62. The number of hydrogen-bond acceptors (Lipinski definition) is 3. The molecule has 2 aromatic carbocycles. The molecule has 1 saturated heterocycles. The predicted octanol–water partition coefficient (Wildman–Crippen LogP) is 2.18. The summed E-state index contributed by atoms with van der Waals surface area (Å²) >= 11 is 0. The molecule has 0 aromatic heterocycles. The van der Waals surface area contributed by atoms with Crippen LogP contribution in [-0.2, 0) is 4.79 Å². The maximum atomic E-state index is 12.4. The number of anilines is 2. The molecule has 5 heteroatoms. The summed E-state index contributed by atoms with van der Waals surface area (Å²) in [5, 5.41) is 5.75. The number of nitrogens with zero attached hydrogens (tertiary/aromatic N) is 1. The Morgan fingerprint density at radius 1 is 1.13 bits per heavy atom. The molecule has 1 aliphatic heterocycles. The molecular formula is C18H19N3O2. The summed E-state index contributed by atoms with van der Waals surface area (Å²) in [7, 11) is 0. The fourth-order valence-corrected chi connectivity index (χ4v) is 2.60. The Morgan fingerprint density at radius 3 is 2.61 bits per heavy atom. The molecule has 0 atom stereocenters. The standard InChI is InChI=1S/C18H19N3O2/c1-13-6-8-14(9-7-13)18(23)20-15-4-2-3-5-16(15)21-11-10-19-17(22)12-21/h2-9H,10-12H2,1H3,(H,19,22)(H,20,23). The van der Waals surface area contributed by atoms with Crippen molar-refractivity contribution in [3.8, 4) is 0 Å². The number of carbonyl (C=O) groups excluding carboxylic acids is 2. The molecule has 0 unspecified atom stereocenters. The lowest BCUT2D eigenvalue weighted by atomic mass is 10.1. The van der Waals surface area contributed by atoms with E-state index < -0.39 is 0 Å². The molecule has 2 amide bonds. The third kappa shape index (κ3) is 3.51. The molecule has 0 spiro atoms. The van der Waals surface area contributed by atoms with Crippen LogP contribution in [0, 0.1) is 6.92 Å². The lowest BCUT2D eigenvalue weighted by molar-refractivity contribution is -0.120. The van der Waals surface area contributed by atoms with Crippen molar-refractivity contribution in [1.82, 2.24) is 5.32 Å². The minimum atomic E-state index is -0.154. The Labute approximate surface area is 135 Å². The number of para-hydroxylation sites is 2. The number of piperazine rings is 1. The van der Waals surface area contributed by atoms with Gasteiger partial charge in [-0.05, 0) is 31.2 Å². The highest BCUT2D eigenvalue weighted by Gasteiger charge is 2.19. The van der Waals surface area contributed by atoms with Crippen LogP contribution in [0.3, 0.4) is 0 Å². The maximum Gasteiger partial charge on any atom is 0.255 e. The first-order valence-electron chi connectivity index (χ1n) is 7.62. The number of benzene rings is 2. The SMILES string of the molecule is Cc1ccc(C(=O)Nc2ccccc2N2CCNC(=O)C2)cc1. The normalized spacial score (nSPS) is 14.3. The fourth-order valence-electron chi connectivity index (χ4n) is 2.60. The highest BCUT2D eigenvalue weighted by Crippen LogP contribution is 2.26. The van der Waals surface area contributed by atoms with Crippen LogP contribution in [0.5, 0.6) is 0 Å². The van der Waals surface area contributed by atoms with Crippen molar-refractivity contribution in [2.24, 2.45) is 0 Å². The lowest BCUT2D eigenvalue weighted by Crippen LogP contribution is -2.47. The smallest absolute Gasteiger partial charge is 0.255 e. The van der Waals surface area contributed by atoms with E-state index >= 15 is 0 Å². The number of carbonyl (C=O) groups is 2. The molecule has 2 aromatic rings. The maximum absolute atomic E-state index is 12.4. The van der Waals surface area contributed by atoms with Crippen molar-refractivity contribution < 1.29 is 9.59 Å². The minimum Gasteiger partial charge on any atom is -0.359 e. The van der Waals surface area contributed by atoms with Gasteiger partial charge in [0.15, 0.2) is 0 Å². The summed E-state index contributed by atoms with van der Waals surface area (Å²) < 4.78 is 0. The predicted molar refractivity (Wildman–Crippen MR) is 90.8 cm³/mol. The first kappa shape index (κ1) is 15.1. The van der Waals surface area contributed by atoms with Crippen LogP contribution >= 0.6 is 0 Å². The van der Waals surface area contributed by atoms with Gasteiger partial charge < -0.3 is 15.5 Å². The van der Waals surface area contributed by atoms with E-state index in [-0.39, 0.29) is 11.8 Å².